The lowest BCUT2D eigenvalue weighted by Crippen LogP contribution is -2.19. The molecule has 7 aromatic heterocycles. The summed E-state index contributed by atoms with van der Waals surface area (Å²) in [6.45, 7) is 0. The Hall–Kier alpha value is -4.44. The second kappa shape index (κ2) is 7.78. The van der Waals surface area contributed by atoms with Gasteiger partial charge in [-0.1, -0.05) is 12.8 Å². The molecule has 37 heavy (non-hydrogen) atoms. The minimum atomic E-state index is 0.0146. The molecule has 7 heterocycles. The number of imidazole rings is 1. The van der Waals surface area contributed by atoms with Gasteiger partial charge >= 0.3 is 0 Å². The summed E-state index contributed by atoms with van der Waals surface area (Å²) >= 11 is 1.57. The first-order valence-electron chi connectivity index (χ1n) is 12.3. The quantitative estimate of drug-likeness (QED) is 0.281. The van der Waals surface area contributed by atoms with Gasteiger partial charge in [-0.15, -0.1) is 11.3 Å². The SMILES string of the molecule is O=C(C1CCCC1)n1c2cncc(c2)c2ccc3[nH]nc(c4nc5c(nccc5c5ccc1s5)[nH]4)c3n2. The van der Waals surface area contributed by atoms with E-state index in [2.05, 4.69) is 31.2 Å². The van der Waals surface area contributed by atoms with E-state index in [4.69, 9.17) is 9.97 Å². The summed E-state index contributed by atoms with van der Waals surface area (Å²) in [5.74, 6) is 0.136. The third-order valence-electron chi connectivity index (χ3n) is 7.30. The lowest BCUT2D eigenvalue weighted by molar-refractivity contribution is 0.0847. The topological polar surface area (TPSA) is 118 Å². The van der Waals surface area contributed by atoms with Gasteiger partial charge < -0.3 is 4.98 Å². The number of fused-ring (bicyclic) bond motifs is 9. The van der Waals surface area contributed by atoms with Gasteiger partial charge in [-0.25, -0.2) is 15.0 Å². The molecule has 0 atom stereocenters. The molecule has 180 valence electrons. The van der Waals surface area contributed by atoms with Crippen molar-refractivity contribution in [3.8, 4) is 0 Å². The zero-order chi connectivity index (χ0) is 24.5. The second-order valence-corrected chi connectivity index (χ2v) is 10.6. The molecule has 1 saturated carbocycles. The van der Waals surface area contributed by atoms with Crippen LogP contribution < -0.4 is 0 Å². The van der Waals surface area contributed by atoms with Crippen molar-refractivity contribution in [3.63, 3.8) is 0 Å². The van der Waals surface area contributed by atoms with Crippen molar-refractivity contribution in [2.24, 2.45) is 5.92 Å². The Balaban J connectivity index is 1.60. The summed E-state index contributed by atoms with van der Waals surface area (Å²) in [4.78, 5) is 37.0. The fourth-order valence-corrected chi connectivity index (χ4v) is 6.51. The Morgan fingerprint density at radius 2 is 1.89 bits per heavy atom. The Morgan fingerprint density at radius 3 is 2.81 bits per heavy atom. The summed E-state index contributed by atoms with van der Waals surface area (Å²) in [6.07, 6.45) is 9.34. The van der Waals surface area contributed by atoms with Gasteiger partial charge in [-0.05, 0) is 49.2 Å². The van der Waals surface area contributed by atoms with E-state index < -0.39 is 0 Å². The highest BCUT2D eigenvalue weighted by Gasteiger charge is 2.25. The summed E-state index contributed by atoms with van der Waals surface area (Å²) in [6, 6.07) is 11.9. The fourth-order valence-electron chi connectivity index (χ4n) is 5.45. The minimum absolute atomic E-state index is 0.0146. The van der Waals surface area contributed by atoms with E-state index in [-0.39, 0.29) is 11.8 Å². The van der Waals surface area contributed by atoms with Crippen molar-refractivity contribution < 1.29 is 4.79 Å². The van der Waals surface area contributed by atoms with E-state index >= 15 is 0 Å². The smallest absolute Gasteiger partial charge is 0.235 e. The molecule has 7 aromatic rings. The third-order valence-corrected chi connectivity index (χ3v) is 8.40. The molecule has 0 amide bonds. The maximum absolute atomic E-state index is 13.9. The van der Waals surface area contributed by atoms with Gasteiger partial charge in [0.1, 0.15) is 15.9 Å². The van der Waals surface area contributed by atoms with Crippen LogP contribution in [0.15, 0.2) is 55.0 Å². The molecule has 1 aliphatic rings. The molecule has 0 aromatic carbocycles. The number of aromatic nitrogens is 8. The van der Waals surface area contributed by atoms with E-state index in [0.29, 0.717) is 22.3 Å². The van der Waals surface area contributed by atoms with Crippen molar-refractivity contribution in [2.45, 2.75) is 25.7 Å². The molecule has 9 nitrogen and oxygen atoms in total. The Morgan fingerprint density at radius 1 is 0.973 bits per heavy atom. The lowest BCUT2D eigenvalue weighted by Gasteiger charge is -2.12. The van der Waals surface area contributed by atoms with Crippen LogP contribution in [-0.2, 0) is 0 Å². The molecular formula is C27H20N8OS. The van der Waals surface area contributed by atoms with E-state index in [1.165, 1.54) is 0 Å². The van der Waals surface area contributed by atoms with Crippen molar-refractivity contribution >= 4 is 81.9 Å². The molecule has 1 aliphatic carbocycles. The number of aromatic amines is 2. The Labute approximate surface area is 212 Å². The molecule has 8 bridgehead atoms. The standard InChI is InChI=1S/C27H20N8OS/c36-27(14-3-1-2-4-14)35-16-11-15(12-28-13-16)18-5-6-19-23(30-18)24(34-33-19)26-31-22-17(9-10-29-25(22)32-26)20-7-8-21(35)37-20/h5-14H,1-4H2,(H,33,34)(H,29,31,32). The average Bonchev–Trinajstić information content (AvgIpc) is 3.73. The van der Waals surface area contributed by atoms with Gasteiger partial charge in [0.25, 0.3) is 0 Å². The lowest BCUT2D eigenvalue weighted by atomic mass is 10.1. The Bertz CT molecular complexity index is 2090. The number of H-pyrrole nitrogens is 2. The predicted molar refractivity (Wildman–Crippen MR) is 145 cm³/mol. The zero-order valence-corrected chi connectivity index (χ0v) is 20.4. The van der Waals surface area contributed by atoms with Crippen molar-refractivity contribution in [1.29, 1.82) is 0 Å². The van der Waals surface area contributed by atoms with Crippen molar-refractivity contribution in [2.75, 3.05) is 0 Å². The van der Waals surface area contributed by atoms with Gasteiger partial charge in [-0.2, -0.15) is 5.10 Å². The monoisotopic (exact) mass is 504 g/mol. The fraction of sp³-hybridized carbons (Fsp3) is 0.185. The van der Waals surface area contributed by atoms with Gasteiger partial charge in [0, 0.05) is 33.8 Å². The third kappa shape index (κ3) is 3.15. The molecule has 0 unspecified atom stereocenters. The van der Waals surface area contributed by atoms with Crippen LogP contribution in [0.2, 0.25) is 0 Å². The summed E-state index contributed by atoms with van der Waals surface area (Å²) < 4.78 is 2.85. The normalized spacial score (nSPS) is 14.6. The number of nitrogens with one attached hydrogen (secondary N) is 2. The summed E-state index contributed by atoms with van der Waals surface area (Å²) in [7, 11) is 0. The first-order valence-corrected chi connectivity index (χ1v) is 13.1. The number of thiophene rings is 1. The van der Waals surface area contributed by atoms with Gasteiger partial charge in [0.2, 0.25) is 5.91 Å². The predicted octanol–water partition coefficient (Wildman–Crippen LogP) is 6.05. The van der Waals surface area contributed by atoms with E-state index in [9.17, 15) is 4.79 Å². The maximum Gasteiger partial charge on any atom is 0.235 e. The molecule has 10 heteroatoms. The summed E-state index contributed by atoms with van der Waals surface area (Å²) in [5, 5.41) is 9.37. The highest BCUT2D eigenvalue weighted by molar-refractivity contribution is 7.24. The number of nitrogens with zero attached hydrogens (tertiary/aromatic N) is 6. The van der Waals surface area contributed by atoms with Crippen LogP contribution in [0.1, 0.15) is 30.5 Å². The van der Waals surface area contributed by atoms with Crippen LogP contribution in [0.3, 0.4) is 0 Å². The van der Waals surface area contributed by atoms with Crippen LogP contribution in [0.4, 0.5) is 0 Å². The van der Waals surface area contributed by atoms with E-state index in [1.54, 1.807) is 29.9 Å². The molecule has 0 saturated heterocycles. The molecule has 2 N–H and O–H groups in total. The molecule has 8 rings (SSSR count). The van der Waals surface area contributed by atoms with Crippen molar-refractivity contribution in [3.05, 3.63) is 55.0 Å². The summed E-state index contributed by atoms with van der Waals surface area (Å²) in [5.41, 5.74) is 5.66. The molecule has 0 spiro atoms. The van der Waals surface area contributed by atoms with Crippen LogP contribution in [0, 0.1) is 5.92 Å². The number of hydrogen-bond acceptors (Lipinski definition) is 7. The Kier molecular flexibility index (Phi) is 4.36. The first-order chi connectivity index (χ1) is 18.2. The van der Waals surface area contributed by atoms with Crippen LogP contribution in [0.25, 0.3) is 64.7 Å². The number of carbonyl (C=O) groups excluding carboxylic acids is 1. The maximum atomic E-state index is 13.9. The largest absolute Gasteiger partial charge is 0.321 e. The highest BCUT2D eigenvalue weighted by atomic mass is 32.1. The molecular weight excluding hydrogens is 484 g/mol. The molecule has 1 fully saturated rings. The second-order valence-electron chi connectivity index (χ2n) is 9.53. The van der Waals surface area contributed by atoms with Crippen LogP contribution in [-0.4, -0.2) is 45.6 Å². The number of rotatable bonds is 1. The molecule has 0 radical (unpaired) electrons. The number of hydrogen-bond donors (Lipinski definition) is 2. The first kappa shape index (κ1) is 20.7. The van der Waals surface area contributed by atoms with Gasteiger partial charge in [0.15, 0.2) is 16.8 Å². The highest BCUT2D eigenvalue weighted by Crippen LogP contribution is 2.32. The zero-order valence-electron chi connectivity index (χ0n) is 19.6. The number of pyridine rings is 3. The number of carbonyl (C=O) groups is 1. The van der Waals surface area contributed by atoms with E-state index in [1.807, 2.05) is 34.9 Å². The van der Waals surface area contributed by atoms with Gasteiger partial charge in [0.05, 0.1) is 22.7 Å². The van der Waals surface area contributed by atoms with Crippen LogP contribution >= 0.6 is 11.3 Å². The van der Waals surface area contributed by atoms with Crippen molar-refractivity contribution in [1.82, 2.24) is 39.7 Å². The average molecular weight is 505 g/mol. The van der Waals surface area contributed by atoms with Gasteiger partial charge in [-0.3, -0.25) is 19.4 Å². The molecule has 0 aliphatic heterocycles. The minimum Gasteiger partial charge on any atom is -0.321 e. The van der Waals surface area contributed by atoms with E-state index in [0.717, 1.165) is 68.1 Å². The van der Waals surface area contributed by atoms with Crippen LogP contribution in [0.5, 0.6) is 0 Å².